The molecule has 11 heteroatoms. The van der Waals surface area contributed by atoms with Gasteiger partial charge in [0.05, 0.1) is 36.2 Å². The number of nitrogens with one attached hydrogen (secondary N) is 1. The summed E-state index contributed by atoms with van der Waals surface area (Å²) in [7, 11) is 3.71. The Bertz CT molecular complexity index is 1600. The fourth-order valence-electron chi connectivity index (χ4n) is 5.44. The number of aromatic nitrogens is 3. The molecule has 0 bridgehead atoms. The number of benzene rings is 2. The summed E-state index contributed by atoms with van der Waals surface area (Å²) in [4.78, 5) is 36.0. The number of fused-ring (bicyclic) bond motifs is 1. The van der Waals surface area contributed by atoms with Crippen LogP contribution in [0.1, 0.15) is 16.7 Å². The van der Waals surface area contributed by atoms with Crippen LogP contribution < -0.4 is 24.8 Å². The zero-order chi connectivity index (χ0) is 29.4. The number of carbonyl (C=O) groups excluding carboxylic acids is 1. The first-order chi connectivity index (χ1) is 20.3. The predicted octanol–water partition coefficient (Wildman–Crippen LogP) is 5.92. The van der Waals surface area contributed by atoms with E-state index in [-0.39, 0.29) is 6.03 Å². The summed E-state index contributed by atoms with van der Waals surface area (Å²) in [6.45, 7) is 8.27. The van der Waals surface area contributed by atoms with E-state index in [1.165, 1.54) is 4.90 Å². The van der Waals surface area contributed by atoms with Crippen LogP contribution in [0.5, 0.6) is 5.75 Å². The number of halogens is 1. The van der Waals surface area contributed by atoms with Crippen LogP contribution >= 0.6 is 11.6 Å². The van der Waals surface area contributed by atoms with Gasteiger partial charge in [-0.2, -0.15) is 4.98 Å². The van der Waals surface area contributed by atoms with Crippen LogP contribution in [-0.4, -0.2) is 66.2 Å². The largest absolute Gasteiger partial charge is 0.495 e. The normalized spacial score (nSPS) is 15.5. The highest BCUT2D eigenvalue weighted by Crippen LogP contribution is 2.38. The fraction of sp³-hybridized carbons (Fsp3) is 0.290. The maximum absolute atomic E-state index is 14.2. The van der Waals surface area contributed by atoms with E-state index in [2.05, 4.69) is 38.2 Å². The summed E-state index contributed by atoms with van der Waals surface area (Å²) in [5, 5.41) is 3.82. The van der Waals surface area contributed by atoms with Gasteiger partial charge in [0.15, 0.2) is 5.82 Å². The Balaban J connectivity index is 1.34. The molecule has 42 heavy (non-hydrogen) atoms. The van der Waals surface area contributed by atoms with Gasteiger partial charge >= 0.3 is 6.03 Å². The Labute approximate surface area is 250 Å². The minimum Gasteiger partial charge on any atom is -0.495 e. The minimum absolute atomic E-state index is 0.253. The lowest BCUT2D eigenvalue weighted by Gasteiger charge is -2.36. The number of para-hydroxylation sites is 1. The number of amides is 2. The van der Waals surface area contributed by atoms with Crippen molar-refractivity contribution < 1.29 is 9.53 Å². The average Bonchev–Trinajstić information content (AvgIpc) is 2.99. The van der Waals surface area contributed by atoms with E-state index >= 15 is 0 Å². The smallest absolute Gasteiger partial charge is 0.336 e. The monoisotopic (exact) mass is 584 g/mol. The second-order valence-corrected chi connectivity index (χ2v) is 11.0. The molecule has 216 valence electrons. The molecule has 2 aliphatic heterocycles. The van der Waals surface area contributed by atoms with Crippen molar-refractivity contribution in [3.63, 3.8) is 0 Å². The number of carbonyl (C=O) groups is 1. The third kappa shape index (κ3) is 5.31. The lowest BCUT2D eigenvalue weighted by Crippen LogP contribution is -2.46. The Hall–Kier alpha value is -4.41. The number of pyridine rings is 1. The molecule has 1 fully saturated rings. The van der Waals surface area contributed by atoms with Gasteiger partial charge in [-0.25, -0.2) is 19.7 Å². The number of methoxy groups -OCH3 is 1. The summed E-state index contributed by atoms with van der Waals surface area (Å²) in [6, 6.07) is 15.2. The van der Waals surface area contributed by atoms with Gasteiger partial charge in [0.1, 0.15) is 11.6 Å². The molecule has 2 aromatic carbocycles. The highest BCUT2D eigenvalue weighted by Gasteiger charge is 2.36. The van der Waals surface area contributed by atoms with Crippen LogP contribution in [0.2, 0.25) is 5.02 Å². The Morgan fingerprint density at radius 1 is 0.952 bits per heavy atom. The second kappa shape index (κ2) is 11.5. The maximum Gasteiger partial charge on any atom is 0.336 e. The SMILES string of the molecule is COc1ccc(N2C(=O)N(c3c(C)cccc3C)Cc3cnc(Nc4ccc(N5CCN(C)CC5)cc4Cl)nc32)nc1. The van der Waals surface area contributed by atoms with E-state index in [0.717, 1.165) is 54.2 Å². The van der Waals surface area contributed by atoms with Gasteiger partial charge in [-0.05, 0) is 62.4 Å². The molecule has 0 atom stereocenters. The highest BCUT2D eigenvalue weighted by molar-refractivity contribution is 6.33. The predicted molar refractivity (Wildman–Crippen MR) is 167 cm³/mol. The van der Waals surface area contributed by atoms with Crippen LogP contribution in [0, 0.1) is 13.8 Å². The van der Waals surface area contributed by atoms with Crippen molar-refractivity contribution >= 4 is 52.3 Å². The fourth-order valence-corrected chi connectivity index (χ4v) is 5.66. The maximum atomic E-state index is 14.2. The topological polar surface area (TPSA) is 90.0 Å². The molecule has 1 N–H and O–H groups in total. The number of anilines is 6. The first-order valence-corrected chi connectivity index (χ1v) is 14.2. The van der Waals surface area contributed by atoms with E-state index in [1.54, 1.807) is 36.5 Å². The average molecular weight is 585 g/mol. The molecule has 2 aliphatic rings. The zero-order valence-corrected chi connectivity index (χ0v) is 24.9. The standard InChI is InChI=1S/C31H33ClN8O2/c1-20-6-5-7-21(2)28(20)39-19-22-17-34-30(36-29(22)40(31(39)41)27-11-9-24(42-4)18-33-27)35-26-10-8-23(16-25(26)32)38-14-12-37(3)13-15-38/h5-11,16-18H,12-15,19H2,1-4H3,(H,34,35,36). The number of urea groups is 1. The molecule has 4 heterocycles. The van der Waals surface area contributed by atoms with Crippen molar-refractivity contribution in [3.8, 4) is 5.75 Å². The summed E-state index contributed by atoms with van der Waals surface area (Å²) in [6.07, 6.45) is 3.34. The van der Waals surface area contributed by atoms with Crippen molar-refractivity contribution in [2.24, 2.45) is 0 Å². The van der Waals surface area contributed by atoms with Gasteiger partial charge in [0.25, 0.3) is 0 Å². The zero-order valence-electron chi connectivity index (χ0n) is 24.1. The summed E-state index contributed by atoms with van der Waals surface area (Å²) < 4.78 is 5.29. The number of piperazine rings is 1. The third-order valence-electron chi connectivity index (χ3n) is 7.77. The van der Waals surface area contributed by atoms with Gasteiger partial charge in [-0.1, -0.05) is 29.8 Å². The number of nitrogens with zero attached hydrogens (tertiary/aromatic N) is 7. The second-order valence-electron chi connectivity index (χ2n) is 10.6. The van der Waals surface area contributed by atoms with E-state index in [1.807, 2.05) is 44.2 Å². The van der Waals surface area contributed by atoms with Crippen LogP contribution in [0.15, 0.2) is 60.9 Å². The van der Waals surface area contributed by atoms with Crippen molar-refractivity contribution in [1.82, 2.24) is 19.9 Å². The quantitative estimate of drug-likeness (QED) is 0.298. The van der Waals surface area contributed by atoms with Crippen LogP contribution in [0.3, 0.4) is 0 Å². The number of aryl methyl sites for hydroxylation is 2. The van der Waals surface area contributed by atoms with Crippen molar-refractivity contribution in [2.75, 3.05) is 60.4 Å². The molecular formula is C31H33ClN8O2. The van der Waals surface area contributed by atoms with Gasteiger partial charge in [-0.3, -0.25) is 4.90 Å². The van der Waals surface area contributed by atoms with Crippen LogP contribution in [-0.2, 0) is 6.54 Å². The lowest BCUT2D eigenvalue weighted by atomic mass is 10.1. The summed E-state index contributed by atoms with van der Waals surface area (Å²) >= 11 is 6.72. The third-order valence-corrected chi connectivity index (χ3v) is 8.08. The number of hydrogen-bond acceptors (Lipinski definition) is 8. The lowest BCUT2D eigenvalue weighted by molar-refractivity contribution is 0.252. The molecule has 2 amide bonds. The molecular weight excluding hydrogens is 552 g/mol. The van der Waals surface area contributed by atoms with Gasteiger partial charge in [-0.15, -0.1) is 0 Å². The molecule has 2 aromatic heterocycles. The summed E-state index contributed by atoms with van der Waals surface area (Å²) in [5.41, 5.74) is 5.42. The molecule has 10 nitrogen and oxygen atoms in total. The molecule has 0 aliphatic carbocycles. The first kappa shape index (κ1) is 27.7. The van der Waals surface area contributed by atoms with Crippen molar-refractivity contribution in [3.05, 3.63) is 82.6 Å². The van der Waals surface area contributed by atoms with E-state index in [9.17, 15) is 4.79 Å². The number of likely N-dealkylation sites (N-methyl/N-ethyl adjacent to an activating group) is 1. The minimum atomic E-state index is -0.253. The molecule has 0 radical (unpaired) electrons. The van der Waals surface area contributed by atoms with Gasteiger partial charge in [0.2, 0.25) is 5.95 Å². The molecule has 1 saturated heterocycles. The Kier molecular flexibility index (Phi) is 7.57. The van der Waals surface area contributed by atoms with E-state index in [4.69, 9.17) is 21.3 Å². The highest BCUT2D eigenvalue weighted by atomic mass is 35.5. The molecule has 0 spiro atoms. The van der Waals surface area contributed by atoms with Crippen LogP contribution in [0.4, 0.5) is 39.4 Å². The summed E-state index contributed by atoms with van der Waals surface area (Å²) in [5.74, 6) is 1.81. The molecule has 0 saturated carbocycles. The van der Waals surface area contributed by atoms with E-state index in [0.29, 0.717) is 40.6 Å². The Morgan fingerprint density at radius 2 is 1.71 bits per heavy atom. The molecule has 4 aromatic rings. The molecule has 0 unspecified atom stereocenters. The Morgan fingerprint density at radius 3 is 2.38 bits per heavy atom. The van der Waals surface area contributed by atoms with Gasteiger partial charge in [0, 0.05) is 43.6 Å². The number of rotatable bonds is 6. The first-order valence-electron chi connectivity index (χ1n) is 13.9. The molecule has 6 rings (SSSR count). The van der Waals surface area contributed by atoms with Crippen molar-refractivity contribution in [2.45, 2.75) is 20.4 Å². The number of ether oxygens (including phenoxy) is 1. The number of hydrogen-bond donors (Lipinski definition) is 1. The van der Waals surface area contributed by atoms with Crippen molar-refractivity contribution in [1.29, 1.82) is 0 Å². The van der Waals surface area contributed by atoms with Gasteiger partial charge < -0.3 is 19.9 Å². The van der Waals surface area contributed by atoms with Crippen LogP contribution in [0.25, 0.3) is 0 Å². The van der Waals surface area contributed by atoms with E-state index < -0.39 is 0 Å².